The van der Waals surface area contributed by atoms with Crippen molar-refractivity contribution in [3.05, 3.63) is 11.6 Å². The molecule has 0 radical (unpaired) electrons. The molecule has 2 N–H and O–H groups in total. The van der Waals surface area contributed by atoms with Gasteiger partial charge in [-0.15, -0.1) is 0 Å². The number of esters is 1. The van der Waals surface area contributed by atoms with Crippen molar-refractivity contribution in [1.29, 1.82) is 0 Å². The Morgan fingerprint density at radius 3 is 1.56 bits per heavy atom. The van der Waals surface area contributed by atoms with E-state index in [4.69, 9.17) is 14.2 Å². The fourth-order valence-electron chi connectivity index (χ4n) is 6.90. The number of aliphatic hydroxyl groups is 2. The fourth-order valence-corrected chi connectivity index (χ4v) is 6.90. The first kappa shape index (κ1) is 34.5. The average Bonchev–Trinajstić information content (AvgIpc) is 3.71. The number of hydrogen-bond donors (Lipinski definition) is 2. The number of cyclic esters (lactones) is 1. The van der Waals surface area contributed by atoms with Crippen LogP contribution in [0, 0.1) is 0 Å². The van der Waals surface area contributed by atoms with Gasteiger partial charge in [-0.25, -0.2) is 4.79 Å². The number of carbonyl (C=O) groups excluding carboxylic acids is 1. The maximum Gasteiger partial charge on any atom is 0.334 e. The molecule has 6 heteroatoms. The summed E-state index contributed by atoms with van der Waals surface area (Å²) in [5.74, 6) is -0.139. The summed E-state index contributed by atoms with van der Waals surface area (Å²) in [5, 5.41) is 21.4. The van der Waals surface area contributed by atoms with E-state index in [-0.39, 0.29) is 42.6 Å². The first-order chi connectivity index (χ1) is 20.0. The lowest BCUT2D eigenvalue weighted by Crippen LogP contribution is -2.33. The molecule has 2 fully saturated rings. The van der Waals surface area contributed by atoms with Crippen molar-refractivity contribution in [2.45, 2.75) is 204 Å². The Morgan fingerprint density at radius 2 is 1.12 bits per heavy atom. The highest BCUT2D eigenvalue weighted by Crippen LogP contribution is 2.34. The molecule has 0 bridgehead atoms. The Balaban J connectivity index is 1.16. The number of carbonyl (C=O) groups is 1. The first-order valence-corrected chi connectivity index (χ1v) is 17.6. The van der Waals surface area contributed by atoms with Gasteiger partial charge >= 0.3 is 5.97 Å². The van der Waals surface area contributed by atoms with Gasteiger partial charge in [0, 0.05) is 5.57 Å². The van der Waals surface area contributed by atoms with E-state index in [2.05, 4.69) is 6.92 Å². The molecule has 6 nitrogen and oxygen atoms in total. The number of ether oxygens (including phenoxy) is 3. The third-order valence-corrected chi connectivity index (χ3v) is 9.48. The predicted octanol–water partition coefficient (Wildman–Crippen LogP) is 8.11. The second-order valence-corrected chi connectivity index (χ2v) is 13.1. The number of aliphatic hydroxyl groups excluding tert-OH is 2. The minimum absolute atomic E-state index is 0.0550. The molecule has 0 aromatic rings. The van der Waals surface area contributed by atoms with Crippen molar-refractivity contribution in [3.8, 4) is 0 Å². The molecule has 2 saturated heterocycles. The summed E-state index contributed by atoms with van der Waals surface area (Å²) in [5.41, 5.74) is 0.842. The highest BCUT2D eigenvalue weighted by atomic mass is 16.6. The SMILES string of the molecule is CCCCCCCCCCCC[C@@H](O)[C@H]1CC[C@H]([C@H]2CC[C@H]([C@H](O)CCCCCCCCC3=CC(C)OC3=O)O2)O1. The van der Waals surface area contributed by atoms with Crippen LogP contribution in [0.4, 0.5) is 0 Å². The van der Waals surface area contributed by atoms with Gasteiger partial charge in [0.2, 0.25) is 0 Å². The van der Waals surface area contributed by atoms with E-state index in [9.17, 15) is 15.0 Å². The largest absolute Gasteiger partial charge is 0.455 e. The molecule has 7 atom stereocenters. The zero-order valence-corrected chi connectivity index (χ0v) is 26.4. The van der Waals surface area contributed by atoms with Crippen LogP contribution in [-0.2, 0) is 19.0 Å². The molecule has 3 aliphatic rings. The minimum Gasteiger partial charge on any atom is -0.455 e. The van der Waals surface area contributed by atoms with Crippen molar-refractivity contribution in [2.24, 2.45) is 0 Å². The number of unbranched alkanes of at least 4 members (excludes halogenated alkanes) is 14. The van der Waals surface area contributed by atoms with Gasteiger partial charge < -0.3 is 24.4 Å². The van der Waals surface area contributed by atoms with E-state index in [1.54, 1.807) is 0 Å². The monoisotopic (exact) mass is 578 g/mol. The van der Waals surface area contributed by atoms with Crippen LogP contribution in [0.25, 0.3) is 0 Å². The molecule has 0 aliphatic carbocycles. The van der Waals surface area contributed by atoms with Crippen LogP contribution < -0.4 is 0 Å². The van der Waals surface area contributed by atoms with Gasteiger partial charge in [0.1, 0.15) is 6.10 Å². The molecule has 3 aliphatic heterocycles. The highest BCUT2D eigenvalue weighted by molar-refractivity contribution is 5.90. The predicted molar refractivity (Wildman–Crippen MR) is 165 cm³/mol. The van der Waals surface area contributed by atoms with Crippen LogP contribution in [-0.4, -0.2) is 58.9 Å². The summed E-state index contributed by atoms with van der Waals surface area (Å²) in [6.45, 7) is 4.17. The van der Waals surface area contributed by atoms with Crippen molar-refractivity contribution in [2.75, 3.05) is 0 Å². The summed E-state index contributed by atoms with van der Waals surface area (Å²) in [6, 6.07) is 0. The quantitative estimate of drug-likeness (QED) is 0.0941. The third kappa shape index (κ3) is 13.1. The molecule has 238 valence electrons. The number of rotatable bonds is 23. The molecule has 0 amide bonds. The molecule has 41 heavy (non-hydrogen) atoms. The van der Waals surface area contributed by atoms with Crippen molar-refractivity contribution < 1.29 is 29.2 Å². The molecule has 3 heterocycles. The molecular formula is C35H62O6. The summed E-state index contributed by atoms with van der Waals surface area (Å²) in [4.78, 5) is 11.7. The Hall–Kier alpha value is -0.950. The molecule has 0 spiro atoms. The highest BCUT2D eigenvalue weighted by Gasteiger charge is 2.40. The maximum atomic E-state index is 11.7. The van der Waals surface area contributed by atoms with Crippen molar-refractivity contribution in [1.82, 2.24) is 0 Å². The average molecular weight is 579 g/mol. The van der Waals surface area contributed by atoms with Gasteiger partial charge in [-0.05, 0) is 64.4 Å². The molecule has 0 aromatic heterocycles. The summed E-state index contributed by atoms with van der Waals surface area (Å²) in [7, 11) is 0. The topological polar surface area (TPSA) is 85.2 Å². The summed E-state index contributed by atoms with van der Waals surface area (Å²) in [6.07, 6.45) is 27.0. The molecule has 1 unspecified atom stereocenters. The zero-order chi connectivity index (χ0) is 29.3. The van der Waals surface area contributed by atoms with E-state index in [0.29, 0.717) is 0 Å². The molecule has 0 aromatic carbocycles. The maximum absolute atomic E-state index is 11.7. The first-order valence-electron chi connectivity index (χ1n) is 17.6. The van der Waals surface area contributed by atoms with Gasteiger partial charge in [0.05, 0.1) is 36.6 Å². The lowest BCUT2D eigenvalue weighted by molar-refractivity contribution is -0.139. The van der Waals surface area contributed by atoms with Crippen LogP contribution >= 0.6 is 0 Å². The van der Waals surface area contributed by atoms with Crippen LogP contribution in [0.1, 0.15) is 162 Å². The minimum atomic E-state index is -0.401. The second kappa shape index (κ2) is 20.1. The van der Waals surface area contributed by atoms with Gasteiger partial charge in [0.15, 0.2) is 0 Å². The smallest absolute Gasteiger partial charge is 0.334 e. The molecular weight excluding hydrogens is 516 g/mol. The molecule has 0 saturated carbocycles. The lowest BCUT2D eigenvalue weighted by Gasteiger charge is -2.24. The van der Waals surface area contributed by atoms with E-state index in [1.807, 2.05) is 13.0 Å². The standard InChI is InChI=1S/C35H62O6/c1-3-4-5-6-7-8-9-10-14-17-20-29(36)31-22-24-33(40-31)34-25-23-32(41-34)30(37)21-18-15-12-11-13-16-19-28-26-27(2)39-35(28)38/h26-27,29-34,36-37H,3-25H2,1-2H3/t27?,29-,30-,31-,32-,33-,34-/m1/s1. The van der Waals surface area contributed by atoms with Crippen LogP contribution in [0.5, 0.6) is 0 Å². The molecule has 3 rings (SSSR count). The van der Waals surface area contributed by atoms with E-state index >= 15 is 0 Å². The van der Waals surface area contributed by atoms with Crippen LogP contribution in [0.15, 0.2) is 11.6 Å². The van der Waals surface area contributed by atoms with Gasteiger partial charge in [-0.2, -0.15) is 0 Å². The third-order valence-electron chi connectivity index (χ3n) is 9.48. The van der Waals surface area contributed by atoms with Crippen LogP contribution in [0.2, 0.25) is 0 Å². The van der Waals surface area contributed by atoms with E-state index in [1.165, 1.54) is 70.6 Å². The Morgan fingerprint density at radius 1 is 0.683 bits per heavy atom. The zero-order valence-electron chi connectivity index (χ0n) is 26.4. The summed E-state index contributed by atoms with van der Waals surface area (Å²) < 4.78 is 17.7. The Labute approximate surface area is 251 Å². The van der Waals surface area contributed by atoms with E-state index < -0.39 is 6.10 Å². The number of hydrogen-bond acceptors (Lipinski definition) is 6. The Bertz CT molecular complexity index is 738. The second-order valence-electron chi connectivity index (χ2n) is 13.1. The van der Waals surface area contributed by atoms with Gasteiger partial charge in [0.25, 0.3) is 0 Å². The van der Waals surface area contributed by atoms with Crippen molar-refractivity contribution in [3.63, 3.8) is 0 Å². The van der Waals surface area contributed by atoms with E-state index in [0.717, 1.165) is 82.6 Å². The normalized spacial score (nSPS) is 27.8. The van der Waals surface area contributed by atoms with Crippen LogP contribution in [0.3, 0.4) is 0 Å². The summed E-state index contributed by atoms with van der Waals surface area (Å²) >= 11 is 0. The van der Waals surface area contributed by atoms with Gasteiger partial charge in [-0.1, -0.05) is 103 Å². The lowest BCUT2D eigenvalue weighted by atomic mass is 10.00. The van der Waals surface area contributed by atoms with Crippen molar-refractivity contribution >= 4 is 5.97 Å². The Kier molecular flexibility index (Phi) is 16.9. The fraction of sp³-hybridized carbons (Fsp3) is 0.914. The van der Waals surface area contributed by atoms with Gasteiger partial charge in [-0.3, -0.25) is 0 Å².